The molecule has 0 atom stereocenters. The molecule has 0 aromatic heterocycles. The lowest BCUT2D eigenvalue weighted by atomic mass is 10.0. The van der Waals surface area contributed by atoms with Crippen LogP contribution in [0.2, 0.25) is 0 Å². The average molecular weight is 268 g/mol. The Labute approximate surface area is 120 Å². The van der Waals surface area contributed by atoms with Crippen molar-refractivity contribution in [2.45, 2.75) is 25.9 Å². The van der Waals surface area contributed by atoms with E-state index in [1.807, 2.05) is 32.0 Å². The van der Waals surface area contributed by atoms with E-state index in [9.17, 15) is 0 Å². The summed E-state index contributed by atoms with van der Waals surface area (Å²) in [7, 11) is 0. The molecule has 0 aliphatic carbocycles. The highest BCUT2D eigenvalue weighted by Crippen LogP contribution is 2.17. The summed E-state index contributed by atoms with van der Waals surface area (Å²) in [6, 6.07) is 12.3. The molecule has 0 unspecified atom stereocenters. The minimum atomic E-state index is -0.382. The molecule has 2 rings (SSSR count). The quantitative estimate of drug-likeness (QED) is 0.841. The van der Waals surface area contributed by atoms with Gasteiger partial charge in [-0.25, -0.2) is 0 Å². The molecule has 104 valence electrons. The van der Waals surface area contributed by atoms with Crippen LogP contribution < -0.4 is 0 Å². The van der Waals surface area contributed by atoms with E-state index in [4.69, 9.17) is 10.5 Å². The van der Waals surface area contributed by atoms with Gasteiger partial charge >= 0.3 is 0 Å². The zero-order valence-electron chi connectivity index (χ0n) is 12.1. The molecular formula is C16H20N4. The fraction of sp³-hybridized carbons (Fsp3) is 0.500. The Morgan fingerprint density at radius 3 is 2.45 bits per heavy atom. The minimum Gasteiger partial charge on any atom is -0.297 e. The van der Waals surface area contributed by atoms with E-state index in [2.05, 4.69) is 28.0 Å². The van der Waals surface area contributed by atoms with Gasteiger partial charge in [0, 0.05) is 32.7 Å². The molecule has 4 nitrogen and oxygen atoms in total. The van der Waals surface area contributed by atoms with Crippen molar-refractivity contribution < 1.29 is 0 Å². The van der Waals surface area contributed by atoms with Crippen molar-refractivity contribution in [3.8, 4) is 12.1 Å². The van der Waals surface area contributed by atoms with E-state index in [-0.39, 0.29) is 5.54 Å². The number of rotatable bonds is 3. The fourth-order valence-electron chi connectivity index (χ4n) is 2.53. The Bertz CT molecular complexity index is 542. The average Bonchev–Trinajstić information content (AvgIpc) is 2.48. The van der Waals surface area contributed by atoms with Crippen LogP contribution in [0.25, 0.3) is 0 Å². The summed E-state index contributed by atoms with van der Waals surface area (Å²) in [5.41, 5.74) is 1.51. The number of hydrogen-bond donors (Lipinski definition) is 0. The number of benzene rings is 1. The highest BCUT2D eigenvalue weighted by atomic mass is 15.3. The Morgan fingerprint density at radius 2 is 1.85 bits per heavy atom. The molecule has 0 spiro atoms. The van der Waals surface area contributed by atoms with Gasteiger partial charge < -0.3 is 0 Å². The van der Waals surface area contributed by atoms with Gasteiger partial charge in [-0.2, -0.15) is 10.5 Å². The largest absolute Gasteiger partial charge is 0.297 e. The third kappa shape index (κ3) is 3.36. The van der Waals surface area contributed by atoms with Gasteiger partial charge in [0.25, 0.3) is 0 Å². The fourth-order valence-corrected chi connectivity index (χ4v) is 2.53. The van der Waals surface area contributed by atoms with E-state index < -0.39 is 0 Å². The van der Waals surface area contributed by atoms with Crippen LogP contribution in [0, 0.1) is 22.7 Å². The molecule has 0 bridgehead atoms. The minimum absolute atomic E-state index is 0.382. The Morgan fingerprint density at radius 1 is 1.15 bits per heavy atom. The number of nitrogens with zero attached hydrogens (tertiary/aromatic N) is 4. The predicted octanol–water partition coefficient (Wildman–Crippen LogP) is 1.98. The van der Waals surface area contributed by atoms with Gasteiger partial charge in [-0.3, -0.25) is 9.80 Å². The zero-order chi connectivity index (χ0) is 14.6. The maximum absolute atomic E-state index is 9.17. The molecular weight excluding hydrogens is 248 g/mol. The van der Waals surface area contributed by atoms with Gasteiger partial charge in [0.15, 0.2) is 0 Å². The number of hydrogen-bond acceptors (Lipinski definition) is 4. The molecule has 4 heteroatoms. The summed E-state index contributed by atoms with van der Waals surface area (Å²) < 4.78 is 0. The van der Waals surface area contributed by atoms with Gasteiger partial charge in [-0.1, -0.05) is 12.1 Å². The first-order chi connectivity index (χ1) is 9.55. The lowest BCUT2D eigenvalue weighted by Crippen LogP contribution is -2.53. The van der Waals surface area contributed by atoms with Crippen LogP contribution in [0.15, 0.2) is 24.3 Å². The maximum Gasteiger partial charge on any atom is 0.103 e. The normalized spacial score (nSPS) is 17.4. The maximum atomic E-state index is 9.17. The van der Waals surface area contributed by atoms with E-state index >= 15 is 0 Å². The third-order valence-electron chi connectivity index (χ3n) is 3.90. The van der Waals surface area contributed by atoms with Crippen molar-refractivity contribution in [2.24, 2.45) is 0 Å². The molecule has 1 saturated heterocycles. The van der Waals surface area contributed by atoms with Crippen molar-refractivity contribution >= 4 is 0 Å². The topological polar surface area (TPSA) is 54.1 Å². The molecule has 1 heterocycles. The van der Waals surface area contributed by atoms with Gasteiger partial charge in [-0.15, -0.1) is 0 Å². The first kappa shape index (κ1) is 14.5. The molecule has 0 N–H and O–H groups in total. The SMILES string of the molecule is CC(C)(C#N)N1CCN(Cc2cccc(C#N)c2)CC1. The molecule has 1 aromatic carbocycles. The van der Waals surface area contributed by atoms with E-state index in [0.29, 0.717) is 5.56 Å². The van der Waals surface area contributed by atoms with Crippen molar-refractivity contribution in [3.05, 3.63) is 35.4 Å². The van der Waals surface area contributed by atoms with Gasteiger partial charge in [0.1, 0.15) is 5.54 Å². The third-order valence-corrected chi connectivity index (χ3v) is 3.90. The summed E-state index contributed by atoms with van der Waals surface area (Å²) in [5, 5.41) is 18.1. The van der Waals surface area contributed by atoms with Gasteiger partial charge in [0.05, 0.1) is 17.7 Å². The van der Waals surface area contributed by atoms with E-state index in [1.165, 1.54) is 5.56 Å². The van der Waals surface area contributed by atoms with Crippen LogP contribution in [-0.4, -0.2) is 41.5 Å². The summed E-state index contributed by atoms with van der Waals surface area (Å²) in [6.07, 6.45) is 0. The zero-order valence-corrected chi connectivity index (χ0v) is 12.1. The second kappa shape index (κ2) is 6.05. The van der Waals surface area contributed by atoms with Crippen LogP contribution >= 0.6 is 0 Å². The molecule has 0 saturated carbocycles. The highest BCUT2D eigenvalue weighted by Gasteiger charge is 2.29. The van der Waals surface area contributed by atoms with Crippen LogP contribution in [-0.2, 0) is 6.54 Å². The molecule has 1 fully saturated rings. The van der Waals surface area contributed by atoms with E-state index in [0.717, 1.165) is 32.7 Å². The lowest BCUT2D eigenvalue weighted by Gasteiger charge is -2.40. The summed E-state index contributed by atoms with van der Waals surface area (Å²) in [5.74, 6) is 0. The molecule has 20 heavy (non-hydrogen) atoms. The molecule has 0 amide bonds. The summed E-state index contributed by atoms with van der Waals surface area (Å²) in [4.78, 5) is 4.61. The van der Waals surface area contributed by atoms with E-state index in [1.54, 1.807) is 0 Å². The first-order valence-electron chi connectivity index (χ1n) is 6.93. The standard InChI is InChI=1S/C16H20N4/c1-16(2,13-18)20-8-6-19(7-9-20)12-15-5-3-4-14(10-15)11-17/h3-5,10H,6-9,12H2,1-2H3. The van der Waals surface area contributed by atoms with Crippen molar-refractivity contribution in [1.82, 2.24) is 9.80 Å². The van der Waals surface area contributed by atoms with Crippen molar-refractivity contribution in [1.29, 1.82) is 10.5 Å². The number of nitriles is 2. The van der Waals surface area contributed by atoms with Crippen LogP contribution in [0.4, 0.5) is 0 Å². The van der Waals surface area contributed by atoms with Crippen molar-refractivity contribution in [3.63, 3.8) is 0 Å². The Balaban J connectivity index is 1.92. The highest BCUT2D eigenvalue weighted by molar-refractivity contribution is 5.32. The summed E-state index contributed by atoms with van der Waals surface area (Å²) >= 11 is 0. The second-order valence-electron chi connectivity index (χ2n) is 5.75. The smallest absolute Gasteiger partial charge is 0.103 e. The molecule has 1 aromatic rings. The molecule has 1 aliphatic rings. The second-order valence-corrected chi connectivity index (χ2v) is 5.75. The monoisotopic (exact) mass is 268 g/mol. The molecule has 0 radical (unpaired) electrons. The van der Waals surface area contributed by atoms with Crippen LogP contribution in [0.5, 0.6) is 0 Å². The lowest BCUT2D eigenvalue weighted by molar-refractivity contribution is 0.0764. The molecule has 1 aliphatic heterocycles. The van der Waals surface area contributed by atoms with Gasteiger partial charge in [0.2, 0.25) is 0 Å². The van der Waals surface area contributed by atoms with Gasteiger partial charge in [-0.05, 0) is 31.5 Å². The summed E-state index contributed by atoms with van der Waals surface area (Å²) in [6.45, 7) is 8.56. The first-order valence-corrected chi connectivity index (χ1v) is 6.93. The predicted molar refractivity (Wildman–Crippen MR) is 77.7 cm³/mol. The van der Waals surface area contributed by atoms with Crippen LogP contribution in [0.3, 0.4) is 0 Å². The number of piperazine rings is 1. The Hall–Kier alpha value is -1.88. The van der Waals surface area contributed by atoms with Crippen molar-refractivity contribution in [2.75, 3.05) is 26.2 Å². The Kier molecular flexibility index (Phi) is 4.39. The van der Waals surface area contributed by atoms with Crippen LogP contribution in [0.1, 0.15) is 25.0 Å².